The van der Waals surface area contributed by atoms with E-state index in [2.05, 4.69) is 37.6 Å². The number of carbonyl (C=O) groups excluding carboxylic acids is 1. The first-order valence-electron chi connectivity index (χ1n) is 13.7. The van der Waals surface area contributed by atoms with Crippen LogP contribution in [0.5, 0.6) is 11.6 Å². The summed E-state index contributed by atoms with van der Waals surface area (Å²) in [5.74, 6) is -0.975. The number of methoxy groups -OCH3 is 1. The molecule has 1 heterocycles. The first-order valence-corrected chi connectivity index (χ1v) is 13.7. The summed E-state index contributed by atoms with van der Waals surface area (Å²) in [6, 6.07) is 14.2. The quantitative estimate of drug-likeness (QED) is 0.199. The Bertz CT molecular complexity index is 1360. The molecule has 1 aliphatic rings. The lowest BCUT2D eigenvalue weighted by Crippen LogP contribution is -2.36. The number of carbonyl (C=O) groups is 2. The molecule has 1 atom stereocenters. The summed E-state index contributed by atoms with van der Waals surface area (Å²) in [4.78, 5) is 30.9. The van der Waals surface area contributed by atoms with E-state index in [1.165, 1.54) is 7.11 Å². The van der Waals surface area contributed by atoms with Gasteiger partial charge in [0.05, 0.1) is 25.3 Å². The molecular formula is C32H37FN2O5. The number of pyridine rings is 1. The summed E-state index contributed by atoms with van der Waals surface area (Å²) in [5, 5.41) is 9.37. The molecule has 1 N–H and O–H groups in total. The molecule has 0 aliphatic heterocycles. The summed E-state index contributed by atoms with van der Waals surface area (Å²) >= 11 is 0. The fourth-order valence-corrected chi connectivity index (χ4v) is 5.23. The summed E-state index contributed by atoms with van der Waals surface area (Å²) in [6.07, 6.45) is 3.19. The van der Waals surface area contributed by atoms with Crippen molar-refractivity contribution in [3.63, 3.8) is 0 Å². The summed E-state index contributed by atoms with van der Waals surface area (Å²) in [7, 11) is 1.48. The number of ether oxygens (including phenoxy) is 2. The Morgan fingerprint density at radius 2 is 1.77 bits per heavy atom. The molecular weight excluding hydrogens is 511 g/mol. The van der Waals surface area contributed by atoms with Crippen molar-refractivity contribution in [2.45, 2.75) is 71.5 Å². The molecule has 1 saturated carbocycles. The average Bonchev–Trinajstić information content (AvgIpc) is 3.76. The molecule has 0 radical (unpaired) electrons. The lowest BCUT2D eigenvalue weighted by molar-refractivity contribution is -0.137. The van der Waals surface area contributed by atoms with Crippen molar-refractivity contribution < 1.29 is 28.6 Å². The van der Waals surface area contributed by atoms with Crippen LogP contribution in [0.4, 0.5) is 4.39 Å². The van der Waals surface area contributed by atoms with Crippen LogP contribution in [0.2, 0.25) is 0 Å². The van der Waals surface area contributed by atoms with Gasteiger partial charge in [0.2, 0.25) is 5.88 Å². The normalized spacial score (nSPS) is 14.0. The number of halogens is 1. The third kappa shape index (κ3) is 7.04. The molecule has 0 amide bonds. The van der Waals surface area contributed by atoms with Crippen LogP contribution in [0.1, 0.15) is 74.4 Å². The van der Waals surface area contributed by atoms with Crippen molar-refractivity contribution in [3.8, 4) is 22.8 Å². The fourth-order valence-electron chi connectivity index (χ4n) is 5.23. The van der Waals surface area contributed by atoms with Crippen LogP contribution >= 0.6 is 0 Å². The summed E-state index contributed by atoms with van der Waals surface area (Å²) in [5.41, 5.74) is 2.95. The largest absolute Gasteiger partial charge is 0.481 e. The van der Waals surface area contributed by atoms with Gasteiger partial charge >= 0.3 is 11.9 Å². The van der Waals surface area contributed by atoms with Crippen LogP contribution in [-0.4, -0.2) is 46.1 Å². The highest BCUT2D eigenvalue weighted by molar-refractivity contribution is 5.92. The van der Waals surface area contributed by atoms with Gasteiger partial charge in [-0.05, 0) is 93.3 Å². The molecule has 0 bridgehead atoms. The van der Waals surface area contributed by atoms with Crippen LogP contribution in [0.3, 0.4) is 0 Å². The lowest BCUT2D eigenvalue weighted by atomic mass is 9.91. The SMILES string of the molecule is COc1cc(-c2ccc(C(=O)Oc3cccc(C(CC(=O)O)C4CC4)c3)cc2CN(C(C)C)C(C)C)c(F)cn1. The molecule has 1 aliphatic carbocycles. The van der Waals surface area contributed by atoms with E-state index in [4.69, 9.17) is 9.47 Å². The predicted octanol–water partition coefficient (Wildman–Crippen LogP) is 6.70. The van der Waals surface area contributed by atoms with Gasteiger partial charge in [0.1, 0.15) is 11.6 Å². The number of benzene rings is 2. The number of hydrogen-bond donors (Lipinski definition) is 1. The van der Waals surface area contributed by atoms with E-state index in [1.54, 1.807) is 42.5 Å². The van der Waals surface area contributed by atoms with Crippen molar-refractivity contribution in [1.29, 1.82) is 0 Å². The average molecular weight is 549 g/mol. The maximum atomic E-state index is 15.0. The molecule has 1 fully saturated rings. The smallest absolute Gasteiger partial charge is 0.343 e. The van der Waals surface area contributed by atoms with E-state index in [1.807, 2.05) is 6.07 Å². The molecule has 40 heavy (non-hydrogen) atoms. The monoisotopic (exact) mass is 548 g/mol. The molecule has 8 heteroatoms. The Hall–Kier alpha value is -3.78. The highest BCUT2D eigenvalue weighted by Crippen LogP contribution is 2.45. The van der Waals surface area contributed by atoms with E-state index < -0.39 is 17.8 Å². The Kier molecular flexibility index (Phi) is 9.20. The summed E-state index contributed by atoms with van der Waals surface area (Å²) in [6.45, 7) is 8.88. The topological polar surface area (TPSA) is 89.0 Å². The molecule has 0 saturated heterocycles. The Balaban J connectivity index is 1.66. The highest BCUT2D eigenvalue weighted by atomic mass is 19.1. The number of aliphatic carboxylic acids is 1. The van der Waals surface area contributed by atoms with Gasteiger partial charge in [-0.3, -0.25) is 9.69 Å². The van der Waals surface area contributed by atoms with E-state index in [0.717, 1.165) is 30.2 Å². The van der Waals surface area contributed by atoms with Crippen molar-refractivity contribution >= 4 is 11.9 Å². The number of carboxylic acids is 1. The molecule has 212 valence electrons. The molecule has 7 nitrogen and oxygen atoms in total. The minimum Gasteiger partial charge on any atom is -0.481 e. The van der Waals surface area contributed by atoms with Crippen molar-refractivity contribution in [3.05, 3.63) is 77.2 Å². The van der Waals surface area contributed by atoms with Crippen LogP contribution in [0, 0.1) is 11.7 Å². The van der Waals surface area contributed by atoms with E-state index in [-0.39, 0.29) is 24.4 Å². The number of rotatable bonds is 12. The molecule has 2 aromatic carbocycles. The van der Waals surface area contributed by atoms with E-state index in [0.29, 0.717) is 40.8 Å². The first kappa shape index (κ1) is 29.2. The zero-order valence-electron chi connectivity index (χ0n) is 23.7. The van der Waals surface area contributed by atoms with Gasteiger partial charge in [0.15, 0.2) is 0 Å². The van der Waals surface area contributed by atoms with Gasteiger partial charge in [-0.2, -0.15) is 0 Å². The second-order valence-electron chi connectivity index (χ2n) is 10.9. The second-order valence-corrected chi connectivity index (χ2v) is 10.9. The van der Waals surface area contributed by atoms with Crippen LogP contribution in [-0.2, 0) is 11.3 Å². The highest BCUT2D eigenvalue weighted by Gasteiger charge is 2.34. The van der Waals surface area contributed by atoms with Gasteiger partial charge in [-0.1, -0.05) is 18.2 Å². The zero-order chi connectivity index (χ0) is 29.0. The predicted molar refractivity (Wildman–Crippen MR) is 151 cm³/mol. The third-order valence-electron chi connectivity index (χ3n) is 7.43. The van der Waals surface area contributed by atoms with Gasteiger partial charge < -0.3 is 14.6 Å². The van der Waals surface area contributed by atoms with Crippen LogP contribution in [0.15, 0.2) is 54.7 Å². The Labute approximate surface area is 235 Å². The van der Waals surface area contributed by atoms with Gasteiger partial charge in [-0.25, -0.2) is 14.2 Å². The first-order chi connectivity index (χ1) is 19.1. The molecule has 1 aromatic heterocycles. The van der Waals surface area contributed by atoms with E-state index >= 15 is 0 Å². The maximum Gasteiger partial charge on any atom is 0.343 e. The minimum atomic E-state index is -0.841. The van der Waals surface area contributed by atoms with Gasteiger partial charge in [-0.15, -0.1) is 0 Å². The van der Waals surface area contributed by atoms with E-state index in [9.17, 15) is 19.1 Å². The minimum absolute atomic E-state index is 0.0471. The molecule has 3 aromatic rings. The number of aromatic nitrogens is 1. The Morgan fingerprint density at radius 3 is 2.40 bits per heavy atom. The van der Waals surface area contributed by atoms with Gasteiger partial charge in [0.25, 0.3) is 0 Å². The number of nitrogens with zero attached hydrogens (tertiary/aromatic N) is 2. The second kappa shape index (κ2) is 12.6. The zero-order valence-corrected chi connectivity index (χ0v) is 23.7. The van der Waals surface area contributed by atoms with Crippen molar-refractivity contribution in [2.75, 3.05) is 7.11 Å². The fraction of sp³-hybridized carbons (Fsp3) is 0.406. The lowest BCUT2D eigenvalue weighted by Gasteiger charge is -2.31. The van der Waals surface area contributed by atoms with Gasteiger partial charge in [0, 0.05) is 30.3 Å². The number of carboxylic acid groups (broad SMARTS) is 1. The van der Waals surface area contributed by atoms with Crippen LogP contribution < -0.4 is 9.47 Å². The molecule has 0 spiro atoms. The standard InChI is InChI=1S/C32H37FN2O5/c1-19(2)35(20(3)4)18-24-13-23(11-12-26(24)28-15-30(39-5)34-17-29(28)33)32(38)40-25-8-6-7-22(14-25)27(16-31(36)37)21-9-10-21/h6-8,11-15,17,19-21,27H,9-10,16,18H2,1-5H3,(H,36,37). The van der Waals surface area contributed by atoms with Crippen molar-refractivity contribution in [2.24, 2.45) is 5.92 Å². The molecule has 1 unspecified atom stereocenters. The molecule has 4 rings (SSSR count). The third-order valence-corrected chi connectivity index (χ3v) is 7.43. The van der Waals surface area contributed by atoms with Crippen LogP contribution in [0.25, 0.3) is 11.1 Å². The maximum absolute atomic E-state index is 15.0. The summed E-state index contributed by atoms with van der Waals surface area (Å²) < 4.78 is 25.9. The number of hydrogen-bond acceptors (Lipinski definition) is 6. The Morgan fingerprint density at radius 1 is 1.05 bits per heavy atom. The van der Waals surface area contributed by atoms with Crippen molar-refractivity contribution in [1.82, 2.24) is 9.88 Å². The number of esters is 1.